The zero-order valence-corrected chi connectivity index (χ0v) is 10.3. The molecule has 0 aromatic heterocycles. The Kier molecular flexibility index (Phi) is 4.18. The summed E-state index contributed by atoms with van der Waals surface area (Å²) in [5.74, 6) is 6.84. The average Bonchev–Trinajstić information content (AvgIpc) is 2.38. The lowest BCUT2D eigenvalue weighted by atomic mass is 10.1. The first kappa shape index (κ1) is 11.4. The average molecular weight is 231 g/mol. The standard InChI is InChI=1S/C14H17NS/c16-12-6-8-13-7-2-3-9-14(13)15-10-4-1-5-11-15/h2-3,7,9,16H,1,4-5,10-12H2. The van der Waals surface area contributed by atoms with Crippen LogP contribution in [0, 0.1) is 11.8 Å². The molecule has 1 heterocycles. The van der Waals surface area contributed by atoms with E-state index < -0.39 is 0 Å². The zero-order valence-electron chi connectivity index (χ0n) is 9.45. The third-order valence-electron chi connectivity index (χ3n) is 2.90. The first-order valence-corrected chi connectivity index (χ1v) is 6.49. The summed E-state index contributed by atoms with van der Waals surface area (Å²) in [6.45, 7) is 2.33. The molecule has 0 amide bonds. The highest BCUT2D eigenvalue weighted by molar-refractivity contribution is 7.80. The number of anilines is 1. The van der Waals surface area contributed by atoms with E-state index in [4.69, 9.17) is 0 Å². The highest BCUT2D eigenvalue weighted by Gasteiger charge is 2.12. The lowest BCUT2D eigenvalue weighted by molar-refractivity contribution is 0.577. The molecule has 0 aliphatic carbocycles. The van der Waals surface area contributed by atoms with Crippen LogP contribution in [0.5, 0.6) is 0 Å². The van der Waals surface area contributed by atoms with Crippen molar-refractivity contribution >= 4 is 18.3 Å². The number of hydrogen-bond donors (Lipinski definition) is 1. The third-order valence-corrected chi connectivity index (χ3v) is 3.06. The van der Waals surface area contributed by atoms with Gasteiger partial charge in [-0.3, -0.25) is 0 Å². The minimum Gasteiger partial charge on any atom is -0.371 e. The summed E-state index contributed by atoms with van der Waals surface area (Å²) < 4.78 is 0. The molecule has 1 aromatic carbocycles. The molecule has 2 rings (SSSR count). The van der Waals surface area contributed by atoms with E-state index in [9.17, 15) is 0 Å². The molecule has 1 aliphatic heterocycles. The van der Waals surface area contributed by atoms with Gasteiger partial charge in [0.15, 0.2) is 0 Å². The molecule has 0 atom stereocenters. The van der Waals surface area contributed by atoms with Crippen LogP contribution in [0.1, 0.15) is 24.8 Å². The van der Waals surface area contributed by atoms with Crippen molar-refractivity contribution in [2.45, 2.75) is 19.3 Å². The van der Waals surface area contributed by atoms with E-state index >= 15 is 0 Å². The number of nitrogens with zero attached hydrogens (tertiary/aromatic N) is 1. The maximum Gasteiger partial charge on any atom is 0.0525 e. The number of piperidine rings is 1. The fourth-order valence-corrected chi connectivity index (χ4v) is 2.20. The molecule has 1 nitrogen and oxygen atoms in total. The van der Waals surface area contributed by atoms with Crippen molar-refractivity contribution in [3.05, 3.63) is 29.8 Å². The van der Waals surface area contributed by atoms with Crippen LogP contribution in [-0.2, 0) is 0 Å². The monoisotopic (exact) mass is 231 g/mol. The minimum atomic E-state index is 0.619. The molecule has 1 saturated heterocycles. The van der Waals surface area contributed by atoms with Gasteiger partial charge in [-0.1, -0.05) is 24.0 Å². The van der Waals surface area contributed by atoms with Gasteiger partial charge in [0.1, 0.15) is 0 Å². The van der Waals surface area contributed by atoms with Gasteiger partial charge >= 0.3 is 0 Å². The minimum absolute atomic E-state index is 0.619. The van der Waals surface area contributed by atoms with E-state index in [0.717, 1.165) is 5.56 Å². The quantitative estimate of drug-likeness (QED) is 0.574. The summed E-state index contributed by atoms with van der Waals surface area (Å²) in [5.41, 5.74) is 2.43. The Hall–Kier alpha value is -1.07. The molecule has 0 saturated carbocycles. The van der Waals surface area contributed by atoms with Crippen molar-refractivity contribution in [1.82, 2.24) is 0 Å². The Morgan fingerprint density at radius 2 is 1.88 bits per heavy atom. The lowest BCUT2D eigenvalue weighted by Crippen LogP contribution is -2.29. The molecule has 0 radical (unpaired) electrons. The van der Waals surface area contributed by atoms with Gasteiger partial charge in [-0.25, -0.2) is 0 Å². The summed E-state index contributed by atoms with van der Waals surface area (Å²) in [7, 11) is 0. The van der Waals surface area contributed by atoms with Crippen molar-refractivity contribution < 1.29 is 0 Å². The van der Waals surface area contributed by atoms with Gasteiger partial charge in [0.05, 0.1) is 11.4 Å². The molecule has 0 spiro atoms. The second-order valence-corrected chi connectivity index (χ2v) is 4.34. The van der Waals surface area contributed by atoms with Gasteiger partial charge in [0.25, 0.3) is 0 Å². The number of para-hydroxylation sites is 1. The second kappa shape index (κ2) is 5.86. The van der Waals surface area contributed by atoms with Gasteiger partial charge in [-0.15, -0.1) is 0 Å². The fourth-order valence-electron chi connectivity index (χ4n) is 2.12. The van der Waals surface area contributed by atoms with Crippen LogP contribution in [-0.4, -0.2) is 18.8 Å². The Balaban J connectivity index is 2.24. The van der Waals surface area contributed by atoms with E-state index in [1.54, 1.807) is 0 Å². The van der Waals surface area contributed by atoms with E-state index in [1.165, 1.54) is 38.0 Å². The smallest absolute Gasteiger partial charge is 0.0525 e. The van der Waals surface area contributed by atoms with Crippen LogP contribution in [0.2, 0.25) is 0 Å². The number of thiol groups is 1. The Morgan fingerprint density at radius 1 is 1.12 bits per heavy atom. The molecular weight excluding hydrogens is 214 g/mol. The van der Waals surface area contributed by atoms with Crippen LogP contribution < -0.4 is 4.90 Å². The Morgan fingerprint density at radius 3 is 2.62 bits per heavy atom. The van der Waals surface area contributed by atoms with Crippen LogP contribution in [0.25, 0.3) is 0 Å². The van der Waals surface area contributed by atoms with Gasteiger partial charge in [0, 0.05) is 18.7 Å². The molecule has 1 fully saturated rings. The Labute approximate surface area is 103 Å². The summed E-state index contributed by atoms with van der Waals surface area (Å²) in [4.78, 5) is 2.45. The largest absolute Gasteiger partial charge is 0.371 e. The zero-order chi connectivity index (χ0) is 11.2. The van der Waals surface area contributed by atoms with Crippen molar-refractivity contribution in [3.8, 4) is 11.8 Å². The van der Waals surface area contributed by atoms with E-state index in [1.807, 2.05) is 0 Å². The fraction of sp³-hybridized carbons (Fsp3) is 0.429. The van der Waals surface area contributed by atoms with Crippen molar-refractivity contribution in [1.29, 1.82) is 0 Å². The molecular formula is C14H17NS. The topological polar surface area (TPSA) is 3.24 Å². The second-order valence-electron chi connectivity index (χ2n) is 4.02. The molecule has 1 aromatic rings. The molecule has 1 aliphatic rings. The predicted octanol–water partition coefficient (Wildman–Crippen LogP) is 2.96. The van der Waals surface area contributed by atoms with Gasteiger partial charge < -0.3 is 4.90 Å². The summed E-state index contributed by atoms with van der Waals surface area (Å²) in [6, 6.07) is 8.42. The molecule has 84 valence electrons. The van der Waals surface area contributed by atoms with Crippen LogP contribution in [0.15, 0.2) is 24.3 Å². The maximum atomic E-state index is 4.13. The number of rotatable bonds is 1. The van der Waals surface area contributed by atoms with Gasteiger partial charge in [-0.2, -0.15) is 12.6 Å². The number of benzene rings is 1. The molecule has 0 N–H and O–H groups in total. The predicted molar refractivity (Wildman–Crippen MR) is 73.2 cm³/mol. The maximum absolute atomic E-state index is 4.13. The molecule has 16 heavy (non-hydrogen) atoms. The molecule has 2 heteroatoms. The van der Waals surface area contributed by atoms with E-state index in [0.29, 0.717) is 5.75 Å². The van der Waals surface area contributed by atoms with E-state index in [-0.39, 0.29) is 0 Å². The normalized spacial score (nSPS) is 15.4. The molecule has 0 unspecified atom stereocenters. The molecule has 0 bridgehead atoms. The van der Waals surface area contributed by atoms with Gasteiger partial charge in [-0.05, 0) is 31.4 Å². The first-order valence-electron chi connectivity index (χ1n) is 5.85. The summed E-state index contributed by atoms with van der Waals surface area (Å²) in [5, 5.41) is 0. The first-order chi connectivity index (χ1) is 7.92. The van der Waals surface area contributed by atoms with Crippen LogP contribution in [0.3, 0.4) is 0 Å². The Bertz CT molecular complexity index is 397. The number of hydrogen-bond acceptors (Lipinski definition) is 2. The highest BCUT2D eigenvalue weighted by atomic mass is 32.1. The summed E-state index contributed by atoms with van der Waals surface area (Å²) in [6.07, 6.45) is 3.96. The van der Waals surface area contributed by atoms with Crippen molar-refractivity contribution in [3.63, 3.8) is 0 Å². The van der Waals surface area contributed by atoms with Gasteiger partial charge in [0.2, 0.25) is 0 Å². The van der Waals surface area contributed by atoms with E-state index in [2.05, 4.69) is 53.6 Å². The van der Waals surface area contributed by atoms with Crippen LogP contribution >= 0.6 is 12.6 Å². The third kappa shape index (κ3) is 2.74. The van der Waals surface area contributed by atoms with Crippen molar-refractivity contribution in [2.24, 2.45) is 0 Å². The lowest BCUT2D eigenvalue weighted by Gasteiger charge is -2.29. The van der Waals surface area contributed by atoms with Crippen LogP contribution in [0.4, 0.5) is 5.69 Å². The highest BCUT2D eigenvalue weighted by Crippen LogP contribution is 2.23. The SMILES string of the molecule is SCC#Cc1ccccc1N1CCCCC1. The van der Waals surface area contributed by atoms with Crippen molar-refractivity contribution in [2.75, 3.05) is 23.7 Å². The summed E-state index contributed by atoms with van der Waals surface area (Å²) >= 11 is 4.13.